The maximum absolute atomic E-state index is 9.64. The number of hydrogen-bond acceptors (Lipinski definition) is 6. The van der Waals surface area contributed by atoms with Crippen LogP contribution in [-0.2, 0) is 4.74 Å². The van der Waals surface area contributed by atoms with Crippen LogP contribution >= 0.6 is 46.6 Å². The smallest absolute Gasteiger partial charge is 0.138 e. The van der Waals surface area contributed by atoms with E-state index in [0.29, 0.717) is 21.5 Å². The summed E-state index contributed by atoms with van der Waals surface area (Å²) in [5, 5.41) is 20.0. The first-order valence-corrected chi connectivity index (χ1v) is 10.5. The molecule has 0 aliphatic carbocycles. The molecule has 0 aromatic heterocycles. The molecular weight excluding hydrogens is 447 g/mol. The first-order chi connectivity index (χ1) is 13.4. The molecule has 9 heteroatoms. The highest BCUT2D eigenvalue weighted by Gasteiger charge is 2.10. The van der Waals surface area contributed by atoms with Crippen molar-refractivity contribution in [1.82, 2.24) is 0 Å². The van der Waals surface area contributed by atoms with E-state index in [-0.39, 0.29) is 25.7 Å². The summed E-state index contributed by atoms with van der Waals surface area (Å²) in [5.74, 6) is 1.06. The lowest BCUT2D eigenvalue weighted by Gasteiger charge is -2.13. The molecule has 0 saturated heterocycles. The molecule has 0 saturated carbocycles. The lowest BCUT2D eigenvalue weighted by molar-refractivity contribution is 0.0325. The Morgan fingerprint density at radius 1 is 0.857 bits per heavy atom. The van der Waals surface area contributed by atoms with Crippen molar-refractivity contribution in [3.05, 3.63) is 46.4 Å². The topological polar surface area (TPSA) is 68.2 Å². The molecule has 0 bridgehead atoms. The van der Waals surface area contributed by atoms with Crippen LogP contribution in [0.4, 0.5) is 0 Å². The van der Waals surface area contributed by atoms with Gasteiger partial charge in [0, 0.05) is 16.9 Å². The first kappa shape index (κ1) is 23.4. The van der Waals surface area contributed by atoms with Gasteiger partial charge in [-0.2, -0.15) is 0 Å². The van der Waals surface area contributed by atoms with Gasteiger partial charge >= 0.3 is 0 Å². The van der Waals surface area contributed by atoms with Gasteiger partial charge in [0.05, 0.1) is 22.5 Å². The third-order valence-electron chi connectivity index (χ3n) is 3.44. The molecule has 0 fully saturated rings. The van der Waals surface area contributed by atoms with Gasteiger partial charge in [-0.3, -0.25) is 0 Å². The SMILES string of the molecule is COCC(O)COc1ccc(Sc2ccc(OCC(O)CCl)c(Cl)c2)cc1Cl. The van der Waals surface area contributed by atoms with E-state index in [9.17, 15) is 10.2 Å². The molecule has 2 aromatic carbocycles. The summed E-state index contributed by atoms with van der Waals surface area (Å²) in [4.78, 5) is 1.80. The fourth-order valence-electron chi connectivity index (χ4n) is 2.12. The lowest BCUT2D eigenvalue weighted by Crippen LogP contribution is -2.22. The van der Waals surface area contributed by atoms with Gasteiger partial charge in [0.2, 0.25) is 0 Å². The molecule has 0 aliphatic rings. The molecule has 2 unspecified atom stereocenters. The van der Waals surface area contributed by atoms with Crippen LogP contribution in [0.2, 0.25) is 10.0 Å². The van der Waals surface area contributed by atoms with Gasteiger partial charge in [-0.25, -0.2) is 0 Å². The number of alkyl halides is 1. The average Bonchev–Trinajstić information content (AvgIpc) is 2.66. The largest absolute Gasteiger partial charge is 0.489 e. The Morgan fingerprint density at radius 2 is 1.36 bits per heavy atom. The van der Waals surface area contributed by atoms with Crippen LogP contribution in [0, 0.1) is 0 Å². The van der Waals surface area contributed by atoms with Crippen LogP contribution in [0.3, 0.4) is 0 Å². The first-order valence-electron chi connectivity index (χ1n) is 8.36. The molecule has 2 atom stereocenters. The molecule has 2 rings (SSSR count). The van der Waals surface area contributed by atoms with E-state index in [1.165, 1.54) is 18.9 Å². The van der Waals surface area contributed by atoms with Gasteiger partial charge in [-0.1, -0.05) is 35.0 Å². The summed E-state index contributed by atoms with van der Waals surface area (Å²) in [5.41, 5.74) is 0. The lowest BCUT2D eigenvalue weighted by atomic mass is 10.3. The number of halogens is 3. The second-order valence-electron chi connectivity index (χ2n) is 5.83. The molecular formula is C19H21Cl3O5S. The highest BCUT2D eigenvalue weighted by molar-refractivity contribution is 7.99. The van der Waals surface area contributed by atoms with Crippen molar-refractivity contribution >= 4 is 46.6 Å². The van der Waals surface area contributed by atoms with E-state index < -0.39 is 12.2 Å². The minimum Gasteiger partial charge on any atom is -0.489 e. The van der Waals surface area contributed by atoms with E-state index >= 15 is 0 Å². The van der Waals surface area contributed by atoms with Crippen molar-refractivity contribution in [2.75, 3.05) is 32.8 Å². The van der Waals surface area contributed by atoms with Crippen molar-refractivity contribution < 1.29 is 24.4 Å². The zero-order valence-corrected chi connectivity index (χ0v) is 18.2. The van der Waals surface area contributed by atoms with E-state index in [1.54, 1.807) is 24.3 Å². The van der Waals surface area contributed by atoms with E-state index in [2.05, 4.69) is 0 Å². The summed E-state index contributed by atoms with van der Waals surface area (Å²) >= 11 is 19.5. The molecule has 2 aromatic rings. The fourth-order valence-corrected chi connectivity index (χ4v) is 3.70. The summed E-state index contributed by atoms with van der Waals surface area (Å²) < 4.78 is 15.8. The minimum absolute atomic E-state index is 0.0753. The normalized spacial score (nSPS) is 13.2. The Bertz CT molecular complexity index is 762. The average molecular weight is 468 g/mol. The maximum Gasteiger partial charge on any atom is 0.138 e. The van der Waals surface area contributed by atoms with Crippen LogP contribution in [0.15, 0.2) is 46.2 Å². The molecule has 154 valence electrons. The standard InChI is InChI=1S/C19H21Cl3O5S/c1-25-9-13(24)11-27-19-5-3-15(7-17(19)22)28-14-2-4-18(16(21)6-14)26-10-12(23)8-20/h2-7,12-13,23-24H,8-11H2,1H3. The van der Waals surface area contributed by atoms with Crippen molar-refractivity contribution in [3.63, 3.8) is 0 Å². The Kier molecular flexibility index (Phi) is 10.0. The van der Waals surface area contributed by atoms with E-state index in [0.717, 1.165) is 9.79 Å². The highest BCUT2D eigenvalue weighted by atomic mass is 35.5. The third kappa shape index (κ3) is 7.52. The van der Waals surface area contributed by atoms with E-state index in [1.807, 2.05) is 12.1 Å². The highest BCUT2D eigenvalue weighted by Crippen LogP contribution is 2.36. The molecule has 0 aliphatic heterocycles. The van der Waals surface area contributed by atoms with Crippen molar-refractivity contribution in [1.29, 1.82) is 0 Å². The molecule has 5 nitrogen and oxygen atoms in total. The second-order valence-corrected chi connectivity index (χ2v) is 8.10. The number of ether oxygens (including phenoxy) is 3. The Balaban J connectivity index is 1.97. The quantitative estimate of drug-likeness (QED) is 0.474. The summed E-state index contributed by atoms with van der Waals surface area (Å²) in [6, 6.07) is 10.8. The molecule has 0 amide bonds. The summed E-state index contributed by atoms with van der Waals surface area (Å²) in [6.45, 7) is 0.359. The predicted octanol–water partition coefficient (Wildman–Crippen LogP) is 4.51. The van der Waals surface area contributed by atoms with E-state index in [4.69, 9.17) is 49.0 Å². The van der Waals surface area contributed by atoms with Crippen LogP contribution in [0.25, 0.3) is 0 Å². The van der Waals surface area contributed by atoms with Gasteiger partial charge in [-0.05, 0) is 36.4 Å². The number of methoxy groups -OCH3 is 1. The molecule has 0 spiro atoms. The monoisotopic (exact) mass is 466 g/mol. The van der Waals surface area contributed by atoms with Gasteiger partial charge in [0.25, 0.3) is 0 Å². The fraction of sp³-hybridized carbons (Fsp3) is 0.368. The van der Waals surface area contributed by atoms with Crippen LogP contribution in [-0.4, -0.2) is 55.2 Å². The number of rotatable bonds is 11. The minimum atomic E-state index is -0.745. The van der Waals surface area contributed by atoms with Crippen molar-refractivity contribution in [2.45, 2.75) is 22.0 Å². The predicted molar refractivity (Wildman–Crippen MR) is 113 cm³/mol. The summed E-state index contributed by atoms with van der Waals surface area (Å²) in [6.07, 6.45) is -1.46. The Hall–Kier alpha value is -0.860. The maximum atomic E-state index is 9.64. The van der Waals surface area contributed by atoms with Crippen LogP contribution < -0.4 is 9.47 Å². The summed E-state index contributed by atoms with van der Waals surface area (Å²) in [7, 11) is 1.51. The van der Waals surface area contributed by atoms with Gasteiger partial charge in [0.15, 0.2) is 0 Å². The molecule has 28 heavy (non-hydrogen) atoms. The number of aliphatic hydroxyl groups is 2. The van der Waals surface area contributed by atoms with Gasteiger partial charge in [0.1, 0.15) is 36.9 Å². The number of benzene rings is 2. The number of hydrogen-bond donors (Lipinski definition) is 2. The number of aliphatic hydroxyl groups excluding tert-OH is 2. The third-order valence-corrected chi connectivity index (χ3v) is 5.37. The zero-order valence-electron chi connectivity index (χ0n) is 15.1. The van der Waals surface area contributed by atoms with Crippen molar-refractivity contribution in [2.24, 2.45) is 0 Å². The zero-order chi connectivity index (χ0) is 20.5. The Labute approximate surface area is 183 Å². The van der Waals surface area contributed by atoms with Gasteiger partial charge < -0.3 is 24.4 Å². The molecule has 0 heterocycles. The van der Waals surface area contributed by atoms with Crippen LogP contribution in [0.5, 0.6) is 11.5 Å². The Morgan fingerprint density at radius 3 is 1.79 bits per heavy atom. The molecule has 2 N–H and O–H groups in total. The van der Waals surface area contributed by atoms with Gasteiger partial charge in [-0.15, -0.1) is 11.6 Å². The van der Waals surface area contributed by atoms with Crippen LogP contribution in [0.1, 0.15) is 0 Å². The molecule has 0 radical (unpaired) electrons. The second kappa shape index (κ2) is 12.0. The van der Waals surface area contributed by atoms with Crippen molar-refractivity contribution in [3.8, 4) is 11.5 Å².